The van der Waals surface area contributed by atoms with Crippen molar-refractivity contribution in [3.8, 4) is 0 Å². The van der Waals surface area contributed by atoms with E-state index in [0.29, 0.717) is 12.6 Å². The average molecular weight is 230 g/mol. The third kappa shape index (κ3) is 4.55. The van der Waals surface area contributed by atoms with E-state index >= 15 is 0 Å². The van der Waals surface area contributed by atoms with E-state index in [-0.39, 0.29) is 5.69 Å². The lowest BCUT2D eigenvalue weighted by Gasteiger charge is -2.01. The third-order valence-electron chi connectivity index (χ3n) is 2.27. The molecule has 0 radical (unpaired) electrons. The first-order valence-corrected chi connectivity index (χ1v) is 5.17. The summed E-state index contributed by atoms with van der Waals surface area (Å²) < 4.78 is 24.2. The molecule has 3 nitrogen and oxygen atoms in total. The molecule has 0 aliphatic carbocycles. The van der Waals surface area contributed by atoms with Crippen LogP contribution < -0.4 is 11.1 Å². The van der Waals surface area contributed by atoms with E-state index in [1.54, 1.807) is 0 Å². The van der Waals surface area contributed by atoms with Gasteiger partial charge in [-0.05, 0) is 31.5 Å². The molecule has 0 bridgehead atoms. The van der Waals surface area contributed by atoms with Crippen LogP contribution in [0.15, 0.2) is 18.2 Å². The fraction of sp³-hybridized carbons (Fsp3) is 0.455. The molecular formula is C11H16F2N2O. The molecule has 1 saturated heterocycles. The smallest absolute Gasteiger partial charge is 0.128 e. The molecule has 16 heavy (non-hydrogen) atoms. The van der Waals surface area contributed by atoms with Gasteiger partial charge >= 0.3 is 0 Å². The Morgan fingerprint density at radius 3 is 2.25 bits per heavy atom. The highest BCUT2D eigenvalue weighted by Gasteiger charge is 2.10. The van der Waals surface area contributed by atoms with Crippen molar-refractivity contribution in [1.82, 2.24) is 5.32 Å². The van der Waals surface area contributed by atoms with Crippen LogP contribution in [0.4, 0.5) is 14.5 Å². The van der Waals surface area contributed by atoms with Crippen LogP contribution in [0.25, 0.3) is 0 Å². The molecule has 1 atom stereocenters. The van der Waals surface area contributed by atoms with Crippen LogP contribution in [-0.2, 0) is 0 Å². The second kappa shape index (κ2) is 6.40. The van der Waals surface area contributed by atoms with E-state index in [4.69, 9.17) is 10.8 Å². The van der Waals surface area contributed by atoms with Crippen LogP contribution in [0.3, 0.4) is 0 Å². The number of halogens is 2. The summed E-state index contributed by atoms with van der Waals surface area (Å²) in [6.45, 7) is 1.39. The summed E-state index contributed by atoms with van der Waals surface area (Å²) in [5.74, 6) is -1.29. The number of nitrogens with two attached hydrogens (primary N) is 1. The Morgan fingerprint density at radius 1 is 1.31 bits per heavy atom. The minimum atomic E-state index is -0.646. The average Bonchev–Trinajstić information content (AvgIpc) is 2.68. The Hall–Kier alpha value is -1.20. The van der Waals surface area contributed by atoms with Gasteiger partial charge in [-0.1, -0.05) is 0 Å². The fourth-order valence-electron chi connectivity index (χ4n) is 1.49. The number of anilines is 1. The molecule has 1 aromatic rings. The van der Waals surface area contributed by atoms with Gasteiger partial charge in [0.25, 0.3) is 0 Å². The second-order valence-electron chi connectivity index (χ2n) is 3.68. The van der Waals surface area contributed by atoms with Gasteiger partial charge in [0.05, 0.1) is 6.61 Å². The van der Waals surface area contributed by atoms with E-state index in [1.807, 2.05) is 0 Å². The van der Waals surface area contributed by atoms with Gasteiger partial charge in [0.2, 0.25) is 0 Å². The molecule has 1 aliphatic heterocycles. The number of aliphatic hydroxyl groups excluding tert-OH is 1. The summed E-state index contributed by atoms with van der Waals surface area (Å²) in [7, 11) is 0. The minimum absolute atomic E-state index is 0.104. The molecule has 1 aliphatic rings. The number of hydrogen-bond donors (Lipinski definition) is 3. The molecule has 0 amide bonds. The van der Waals surface area contributed by atoms with Crippen molar-refractivity contribution in [3.63, 3.8) is 0 Å². The number of benzene rings is 1. The quantitative estimate of drug-likeness (QED) is 0.637. The largest absolute Gasteiger partial charge is 0.399 e. The van der Waals surface area contributed by atoms with E-state index < -0.39 is 11.6 Å². The molecule has 90 valence electrons. The maximum atomic E-state index is 12.1. The van der Waals surface area contributed by atoms with Crippen LogP contribution >= 0.6 is 0 Å². The Morgan fingerprint density at radius 2 is 1.94 bits per heavy atom. The molecule has 2 rings (SSSR count). The first kappa shape index (κ1) is 12.9. The van der Waals surface area contributed by atoms with Gasteiger partial charge < -0.3 is 16.2 Å². The molecule has 5 heteroatoms. The SMILES string of the molecule is Nc1cc(F)cc(F)c1.OCC1CCCN1. The maximum Gasteiger partial charge on any atom is 0.128 e. The zero-order valence-electron chi connectivity index (χ0n) is 8.92. The summed E-state index contributed by atoms with van der Waals surface area (Å²) in [4.78, 5) is 0. The van der Waals surface area contributed by atoms with Crippen LogP contribution in [0, 0.1) is 11.6 Å². The molecule has 1 unspecified atom stereocenters. The normalized spacial score (nSPS) is 19.1. The number of hydrogen-bond acceptors (Lipinski definition) is 3. The second-order valence-corrected chi connectivity index (χ2v) is 3.68. The molecule has 1 aromatic carbocycles. The van der Waals surface area contributed by atoms with E-state index in [1.165, 1.54) is 6.42 Å². The summed E-state index contributed by atoms with van der Waals surface area (Å²) in [5, 5.41) is 11.7. The summed E-state index contributed by atoms with van der Waals surface area (Å²) in [6, 6.07) is 3.29. The van der Waals surface area contributed by atoms with Gasteiger partial charge in [0.1, 0.15) is 11.6 Å². The predicted molar refractivity (Wildman–Crippen MR) is 58.9 cm³/mol. The Kier molecular flexibility index (Phi) is 5.14. The minimum Gasteiger partial charge on any atom is -0.399 e. The monoisotopic (exact) mass is 230 g/mol. The zero-order chi connectivity index (χ0) is 12.0. The molecule has 4 N–H and O–H groups in total. The number of nitrogen functional groups attached to an aromatic ring is 1. The topological polar surface area (TPSA) is 58.3 Å². The van der Waals surface area contributed by atoms with Crippen LogP contribution in [0.2, 0.25) is 0 Å². The van der Waals surface area contributed by atoms with Crippen molar-refractivity contribution in [2.75, 3.05) is 18.9 Å². The zero-order valence-corrected chi connectivity index (χ0v) is 8.92. The Labute approximate surface area is 93.3 Å². The van der Waals surface area contributed by atoms with Gasteiger partial charge in [-0.2, -0.15) is 0 Å². The van der Waals surface area contributed by atoms with Crippen molar-refractivity contribution in [3.05, 3.63) is 29.8 Å². The van der Waals surface area contributed by atoms with E-state index in [0.717, 1.165) is 31.2 Å². The maximum absolute atomic E-state index is 12.1. The van der Waals surface area contributed by atoms with Gasteiger partial charge in [-0.3, -0.25) is 0 Å². The van der Waals surface area contributed by atoms with Gasteiger partial charge in [-0.25, -0.2) is 8.78 Å². The predicted octanol–water partition coefficient (Wildman–Crippen LogP) is 1.28. The lowest BCUT2D eigenvalue weighted by Crippen LogP contribution is -2.24. The molecule has 0 spiro atoms. The van der Waals surface area contributed by atoms with Crippen LogP contribution in [0.5, 0.6) is 0 Å². The molecule has 0 aromatic heterocycles. The third-order valence-corrected chi connectivity index (χ3v) is 2.27. The first-order chi connectivity index (χ1) is 7.61. The molecule has 1 heterocycles. The van der Waals surface area contributed by atoms with E-state index in [2.05, 4.69) is 5.32 Å². The highest BCUT2D eigenvalue weighted by atomic mass is 19.1. The molecular weight excluding hydrogens is 214 g/mol. The summed E-state index contributed by atoms with van der Waals surface area (Å²) >= 11 is 0. The summed E-state index contributed by atoms with van der Waals surface area (Å²) in [5.41, 5.74) is 5.18. The molecule has 1 fully saturated rings. The standard InChI is InChI=1S/C6H5F2N.C5H11NO/c7-4-1-5(8)3-6(9)2-4;7-4-5-2-1-3-6-5/h1-3H,9H2;5-7H,1-4H2. The van der Waals surface area contributed by atoms with Gasteiger partial charge in [0.15, 0.2) is 0 Å². The lowest BCUT2D eigenvalue weighted by atomic mass is 10.2. The lowest BCUT2D eigenvalue weighted by molar-refractivity contribution is 0.255. The Balaban J connectivity index is 0.000000165. The van der Waals surface area contributed by atoms with Crippen LogP contribution in [-0.4, -0.2) is 24.3 Å². The highest BCUT2D eigenvalue weighted by Crippen LogP contribution is 2.07. The van der Waals surface area contributed by atoms with Crippen molar-refractivity contribution in [2.24, 2.45) is 0 Å². The molecule has 0 saturated carbocycles. The first-order valence-electron chi connectivity index (χ1n) is 5.17. The number of aliphatic hydroxyl groups is 1. The fourth-order valence-corrected chi connectivity index (χ4v) is 1.49. The van der Waals surface area contributed by atoms with Gasteiger partial charge in [-0.15, -0.1) is 0 Å². The Bertz CT molecular complexity index is 277. The van der Waals surface area contributed by atoms with Crippen molar-refractivity contribution < 1.29 is 13.9 Å². The number of nitrogens with one attached hydrogen (secondary N) is 1. The van der Waals surface area contributed by atoms with Gasteiger partial charge in [0, 0.05) is 17.8 Å². The highest BCUT2D eigenvalue weighted by molar-refractivity contribution is 5.37. The van der Waals surface area contributed by atoms with E-state index in [9.17, 15) is 8.78 Å². The van der Waals surface area contributed by atoms with Crippen molar-refractivity contribution >= 4 is 5.69 Å². The summed E-state index contributed by atoms with van der Waals surface area (Å²) in [6.07, 6.45) is 2.38. The van der Waals surface area contributed by atoms with Crippen molar-refractivity contribution in [1.29, 1.82) is 0 Å². The van der Waals surface area contributed by atoms with Crippen molar-refractivity contribution in [2.45, 2.75) is 18.9 Å². The number of rotatable bonds is 1. The van der Waals surface area contributed by atoms with Crippen LogP contribution in [0.1, 0.15) is 12.8 Å².